The summed E-state index contributed by atoms with van der Waals surface area (Å²) in [6.07, 6.45) is 2.28. The molecule has 1 aliphatic rings. The van der Waals surface area contributed by atoms with Crippen molar-refractivity contribution in [3.05, 3.63) is 23.5 Å². The molecule has 0 aliphatic heterocycles. The van der Waals surface area contributed by atoms with Crippen molar-refractivity contribution in [2.24, 2.45) is 11.7 Å². The lowest BCUT2D eigenvalue weighted by Gasteiger charge is -2.34. The van der Waals surface area contributed by atoms with Gasteiger partial charge in [-0.25, -0.2) is 4.39 Å². The van der Waals surface area contributed by atoms with Gasteiger partial charge in [-0.3, -0.25) is 0 Å². The Labute approximate surface area is 112 Å². The van der Waals surface area contributed by atoms with Gasteiger partial charge in [-0.2, -0.15) is 0 Å². The summed E-state index contributed by atoms with van der Waals surface area (Å²) in [6, 6.07) is 1.99. The molecule has 2 atom stereocenters. The summed E-state index contributed by atoms with van der Waals surface area (Å²) in [5.74, 6) is 0.412. The van der Waals surface area contributed by atoms with Crippen molar-refractivity contribution in [3.63, 3.8) is 0 Å². The molecule has 4 nitrogen and oxygen atoms in total. The number of nitrogens with two attached hydrogens (primary N) is 1. The van der Waals surface area contributed by atoms with Gasteiger partial charge in [0.05, 0.1) is 26.4 Å². The Morgan fingerprint density at radius 3 is 2.32 bits per heavy atom. The highest BCUT2D eigenvalue weighted by atomic mass is 19.1. The van der Waals surface area contributed by atoms with E-state index in [1.54, 1.807) is 0 Å². The highest BCUT2D eigenvalue weighted by Gasteiger charge is 2.32. The SMILES string of the molecule is COc1cc(F)c([C@@H](N)[C@@H](O)C2CCC2)cc1OC. The van der Waals surface area contributed by atoms with E-state index in [1.165, 1.54) is 26.4 Å². The number of rotatable bonds is 5. The van der Waals surface area contributed by atoms with Crippen molar-refractivity contribution >= 4 is 0 Å². The van der Waals surface area contributed by atoms with Crippen LogP contribution in [0, 0.1) is 11.7 Å². The first-order valence-electron chi connectivity index (χ1n) is 6.43. The van der Waals surface area contributed by atoms with Crippen LogP contribution in [0.2, 0.25) is 0 Å². The second kappa shape index (κ2) is 5.75. The number of halogens is 1. The lowest BCUT2D eigenvalue weighted by atomic mass is 9.77. The fourth-order valence-corrected chi connectivity index (χ4v) is 2.38. The average molecular weight is 269 g/mol. The number of hydrogen-bond acceptors (Lipinski definition) is 4. The molecular formula is C14H20FNO3. The first-order chi connectivity index (χ1) is 9.08. The summed E-state index contributed by atoms with van der Waals surface area (Å²) >= 11 is 0. The molecule has 19 heavy (non-hydrogen) atoms. The molecule has 3 N–H and O–H groups in total. The molecule has 0 unspecified atom stereocenters. The standard InChI is InChI=1S/C14H20FNO3/c1-18-11-6-9(10(15)7-12(11)19-2)13(16)14(17)8-4-3-5-8/h6-8,13-14,17H,3-5,16H2,1-2H3/t13-,14+/m1/s1. The molecule has 2 rings (SSSR count). The van der Waals surface area contributed by atoms with E-state index in [0.717, 1.165) is 19.3 Å². The van der Waals surface area contributed by atoms with Crippen LogP contribution in [0.3, 0.4) is 0 Å². The maximum atomic E-state index is 14.0. The van der Waals surface area contributed by atoms with E-state index in [1.807, 2.05) is 0 Å². The van der Waals surface area contributed by atoms with E-state index in [0.29, 0.717) is 11.5 Å². The van der Waals surface area contributed by atoms with Crippen LogP contribution in [0.5, 0.6) is 11.5 Å². The third kappa shape index (κ3) is 2.67. The molecule has 0 bridgehead atoms. The molecule has 1 aliphatic carbocycles. The van der Waals surface area contributed by atoms with E-state index < -0.39 is 18.0 Å². The number of aliphatic hydroxyl groups excluding tert-OH is 1. The number of benzene rings is 1. The fraction of sp³-hybridized carbons (Fsp3) is 0.571. The van der Waals surface area contributed by atoms with Crippen LogP contribution < -0.4 is 15.2 Å². The third-order valence-corrected chi connectivity index (χ3v) is 3.86. The van der Waals surface area contributed by atoms with Crippen molar-refractivity contribution < 1.29 is 19.0 Å². The Kier molecular flexibility index (Phi) is 4.27. The van der Waals surface area contributed by atoms with Crippen LogP contribution in [0.15, 0.2) is 12.1 Å². The summed E-state index contributed by atoms with van der Waals surface area (Å²) in [5.41, 5.74) is 6.24. The molecule has 1 aromatic carbocycles. The van der Waals surface area contributed by atoms with E-state index >= 15 is 0 Å². The molecule has 0 aromatic heterocycles. The Morgan fingerprint density at radius 2 is 1.84 bits per heavy atom. The van der Waals surface area contributed by atoms with Gasteiger partial charge in [-0.05, 0) is 24.8 Å². The van der Waals surface area contributed by atoms with E-state index in [2.05, 4.69) is 0 Å². The zero-order valence-corrected chi connectivity index (χ0v) is 11.2. The molecule has 1 fully saturated rings. The van der Waals surface area contributed by atoms with Crippen LogP contribution >= 0.6 is 0 Å². The van der Waals surface area contributed by atoms with Gasteiger partial charge >= 0.3 is 0 Å². The molecule has 0 amide bonds. The maximum Gasteiger partial charge on any atom is 0.163 e. The average Bonchev–Trinajstić information content (AvgIpc) is 2.35. The van der Waals surface area contributed by atoms with Gasteiger partial charge in [0.2, 0.25) is 0 Å². The molecule has 0 spiro atoms. The molecule has 0 saturated heterocycles. The lowest BCUT2D eigenvalue weighted by molar-refractivity contribution is 0.0404. The second-order valence-corrected chi connectivity index (χ2v) is 4.94. The Balaban J connectivity index is 2.27. The van der Waals surface area contributed by atoms with Gasteiger partial charge in [0.25, 0.3) is 0 Å². The molecule has 106 valence electrons. The first-order valence-corrected chi connectivity index (χ1v) is 6.43. The number of aliphatic hydroxyl groups is 1. The minimum Gasteiger partial charge on any atom is -0.493 e. The van der Waals surface area contributed by atoms with E-state index in [4.69, 9.17) is 15.2 Å². The van der Waals surface area contributed by atoms with Gasteiger partial charge in [-0.1, -0.05) is 6.42 Å². The molecule has 5 heteroatoms. The summed E-state index contributed by atoms with van der Waals surface area (Å²) in [6.45, 7) is 0. The Hall–Kier alpha value is -1.33. The van der Waals surface area contributed by atoms with Crippen molar-refractivity contribution in [1.29, 1.82) is 0 Å². The van der Waals surface area contributed by atoms with Gasteiger partial charge in [0.15, 0.2) is 11.5 Å². The molecular weight excluding hydrogens is 249 g/mol. The maximum absolute atomic E-state index is 14.0. The van der Waals surface area contributed by atoms with Crippen LogP contribution in [0.25, 0.3) is 0 Å². The zero-order chi connectivity index (χ0) is 14.0. The van der Waals surface area contributed by atoms with Gasteiger partial charge in [0.1, 0.15) is 5.82 Å². The third-order valence-electron chi connectivity index (χ3n) is 3.86. The van der Waals surface area contributed by atoms with Crippen LogP contribution in [-0.4, -0.2) is 25.4 Å². The second-order valence-electron chi connectivity index (χ2n) is 4.94. The number of hydrogen-bond donors (Lipinski definition) is 2. The van der Waals surface area contributed by atoms with Crippen LogP contribution in [0.4, 0.5) is 4.39 Å². The monoisotopic (exact) mass is 269 g/mol. The first kappa shape index (κ1) is 14.1. The molecule has 1 aromatic rings. The largest absolute Gasteiger partial charge is 0.493 e. The smallest absolute Gasteiger partial charge is 0.163 e. The topological polar surface area (TPSA) is 64.7 Å². The predicted octanol–water partition coefficient (Wildman–Crippen LogP) is 2.00. The normalized spacial score (nSPS) is 18.6. The Bertz CT molecular complexity index is 449. The molecule has 1 saturated carbocycles. The highest BCUT2D eigenvalue weighted by Crippen LogP contribution is 2.37. The minimum absolute atomic E-state index is 0.169. The molecule has 0 radical (unpaired) electrons. The lowest BCUT2D eigenvalue weighted by Crippen LogP contribution is -2.36. The van der Waals surface area contributed by atoms with E-state index in [-0.39, 0.29) is 11.5 Å². The van der Waals surface area contributed by atoms with Crippen molar-refractivity contribution in [2.75, 3.05) is 14.2 Å². The number of methoxy groups -OCH3 is 2. The summed E-state index contributed by atoms with van der Waals surface area (Å²) in [5, 5.41) is 10.1. The van der Waals surface area contributed by atoms with Crippen molar-refractivity contribution in [3.8, 4) is 11.5 Å². The Morgan fingerprint density at radius 1 is 1.26 bits per heavy atom. The van der Waals surface area contributed by atoms with Crippen molar-refractivity contribution in [2.45, 2.75) is 31.4 Å². The summed E-state index contributed by atoms with van der Waals surface area (Å²) < 4.78 is 24.2. The van der Waals surface area contributed by atoms with Crippen LogP contribution in [0.1, 0.15) is 30.9 Å². The van der Waals surface area contributed by atoms with Crippen molar-refractivity contribution in [1.82, 2.24) is 0 Å². The summed E-state index contributed by atoms with van der Waals surface area (Å²) in [7, 11) is 2.92. The fourth-order valence-electron chi connectivity index (χ4n) is 2.38. The van der Waals surface area contributed by atoms with Crippen LogP contribution in [-0.2, 0) is 0 Å². The highest BCUT2D eigenvalue weighted by molar-refractivity contribution is 5.45. The minimum atomic E-state index is -0.745. The zero-order valence-electron chi connectivity index (χ0n) is 11.2. The van der Waals surface area contributed by atoms with Gasteiger partial charge < -0.3 is 20.3 Å². The quantitative estimate of drug-likeness (QED) is 0.858. The van der Waals surface area contributed by atoms with Gasteiger partial charge in [0, 0.05) is 11.6 Å². The summed E-state index contributed by atoms with van der Waals surface area (Å²) in [4.78, 5) is 0. The van der Waals surface area contributed by atoms with Gasteiger partial charge in [-0.15, -0.1) is 0 Å². The molecule has 0 heterocycles. The predicted molar refractivity (Wildman–Crippen MR) is 69.8 cm³/mol. The van der Waals surface area contributed by atoms with E-state index in [9.17, 15) is 9.50 Å². The number of ether oxygens (including phenoxy) is 2.